The number of imidazole rings is 1. The lowest BCUT2D eigenvalue weighted by molar-refractivity contribution is 0.0596. The highest BCUT2D eigenvalue weighted by molar-refractivity contribution is 6.14. The average Bonchev–Trinajstić information content (AvgIpc) is 3.13. The number of fused-ring (bicyclic) bond motifs is 1. The van der Waals surface area contributed by atoms with Gasteiger partial charge < -0.3 is 15.0 Å². The summed E-state index contributed by atoms with van der Waals surface area (Å²) in [4.78, 5) is 33.4. The molecule has 0 radical (unpaired) electrons. The van der Waals surface area contributed by atoms with Crippen LogP contribution in [0, 0.1) is 6.92 Å². The monoisotopic (exact) mass is 361 g/mol. The number of hydrogen-bond acceptors (Lipinski definition) is 5. The smallest absolute Gasteiger partial charge is 0.338 e. The SMILES string of the molecule is COC(=O)c1cccc2c1C(=O)C(c1ccccc1)C(c1ncc(C)[nH]1)N2. The number of methoxy groups -OCH3 is 1. The number of carbonyl (C=O) groups excluding carboxylic acids is 2. The molecule has 0 amide bonds. The van der Waals surface area contributed by atoms with Crippen molar-refractivity contribution >= 4 is 17.4 Å². The van der Waals surface area contributed by atoms with Gasteiger partial charge in [-0.2, -0.15) is 0 Å². The zero-order valence-electron chi connectivity index (χ0n) is 15.0. The van der Waals surface area contributed by atoms with Crippen molar-refractivity contribution in [2.75, 3.05) is 12.4 Å². The molecule has 2 N–H and O–H groups in total. The number of hydrogen-bond donors (Lipinski definition) is 2. The van der Waals surface area contributed by atoms with E-state index in [-0.39, 0.29) is 17.4 Å². The van der Waals surface area contributed by atoms with E-state index in [1.54, 1.807) is 24.4 Å². The van der Waals surface area contributed by atoms with Gasteiger partial charge in [0.25, 0.3) is 0 Å². The Morgan fingerprint density at radius 2 is 1.89 bits per heavy atom. The van der Waals surface area contributed by atoms with Crippen LogP contribution < -0.4 is 5.32 Å². The highest BCUT2D eigenvalue weighted by atomic mass is 16.5. The van der Waals surface area contributed by atoms with Crippen molar-refractivity contribution in [3.8, 4) is 0 Å². The first-order valence-corrected chi connectivity index (χ1v) is 8.68. The summed E-state index contributed by atoms with van der Waals surface area (Å²) in [5.74, 6) is -0.491. The van der Waals surface area contributed by atoms with Gasteiger partial charge in [-0.05, 0) is 24.6 Å². The van der Waals surface area contributed by atoms with Crippen molar-refractivity contribution in [2.45, 2.75) is 18.9 Å². The minimum absolute atomic E-state index is 0.130. The van der Waals surface area contributed by atoms with Crippen molar-refractivity contribution in [3.05, 3.63) is 82.9 Å². The van der Waals surface area contributed by atoms with Gasteiger partial charge >= 0.3 is 5.97 Å². The van der Waals surface area contributed by atoms with Crippen LogP contribution in [0.3, 0.4) is 0 Å². The number of Topliss-reactive ketones (excluding diaryl/α,β-unsaturated/α-hetero) is 1. The van der Waals surface area contributed by atoms with Gasteiger partial charge in [-0.15, -0.1) is 0 Å². The van der Waals surface area contributed by atoms with E-state index in [1.165, 1.54) is 7.11 Å². The summed E-state index contributed by atoms with van der Waals surface area (Å²) in [6.45, 7) is 1.92. The molecule has 2 aromatic carbocycles. The van der Waals surface area contributed by atoms with Crippen molar-refractivity contribution in [2.24, 2.45) is 0 Å². The third-order valence-electron chi connectivity index (χ3n) is 4.82. The first-order valence-electron chi connectivity index (χ1n) is 8.68. The molecule has 4 rings (SSSR count). The van der Waals surface area contributed by atoms with E-state index in [4.69, 9.17) is 4.74 Å². The van der Waals surface area contributed by atoms with Gasteiger partial charge in [0.1, 0.15) is 5.82 Å². The maximum absolute atomic E-state index is 13.6. The molecule has 6 heteroatoms. The minimum atomic E-state index is -0.527. The number of aromatic amines is 1. The van der Waals surface area contributed by atoms with E-state index >= 15 is 0 Å². The lowest BCUT2D eigenvalue weighted by Gasteiger charge is -2.33. The highest BCUT2D eigenvalue weighted by Crippen LogP contribution is 2.42. The van der Waals surface area contributed by atoms with E-state index in [9.17, 15) is 9.59 Å². The van der Waals surface area contributed by atoms with Crippen LogP contribution in [0.1, 0.15) is 49.8 Å². The Kier molecular flexibility index (Phi) is 4.24. The van der Waals surface area contributed by atoms with Crippen LogP contribution in [0.4, 0.5) is 5.69 Å². The van der Waals surface area contributed by atoms with E-state index in [0.29, 0.717) is 17.1 Å². The molecular formula is C21H19N3O3. The molecule has 0 saturated heterocycles. The molecular weight excluding hydrogens is 342 g/mol. The predicted octanol–water partition coefficient (Wildman–Crippen LogP) is 3.64. The molecule has 6 nitrogen and oxygen atoms in total. The van der Waals surface area contributed by atoms with Gasteiger partial charge in [0, 0.05) is 17.6 Å². The molecule has 2 atom stereocenters. The van der Waals surface area contributed by atoms with E-state index < -0.39 is 11.9 Å². The zero-order chi connectivity index (χ0) is 19.0. The Bertz CT molecular complexity index is 1010. The number of benzene rings is 2. The van der Waals surface area contributed by atoms with Crippen LogP contribution in [0.15, 0.2) is 54.7 Å². The summed E-state index contributed by atoms with van der Waals surface area (Å²) < 4.78 is 4.87. The number of rotatable bonds is 3. The number of aryl methyl sites for hydroxylation is 1. The number of H-pyrrole nitrogens is 1. The maximum Gasteiger partial charge on any atom is 0.338 e. The fraction of sp³-hybridized carbons (Fsp3) is 0.190. The summed E-state index contributed by atoms with van der Waals surface area (Å²) >= 11 is 0. The van der Waals surface area contributed by atoms with Gasteiger partial charge in [-0.1, -0.05) is 36.4 Å². The van der Waals surface area contributed by atoms with Crippen LogP contribution in [0.25, 0.3) is 0 Å². The predicted molar refractivity (Wildman–Crippen MR) is 101 cm³/mol. The molecule has 1 aliphatic rings. The fourth-order valence-electron chi connectivity index (χ4n) is 3.60. The number of ketones is 1. The molecule has 0 spiro atoms. The number of anilines is 1. The van der Waals surface area contributed by atoms with E-state index in [1.807, 2.05) is 37.3 Å². The topological polar surface area (TPSA) is 84.1 Å². The number of aromatic nitrogens is 2. The lowest BCUT2D eigenvalue weighted by atomic mass is 9.79. The molecule has 2 heterocycles. The van der Waals surface area contributed by atoms with Crippen LogP contribution in [0.2, 0.25) is 0 Å². The number of nitrogens with one attached hydrogen (secondary N) is 2. The average molecular weight is 361 g/mol. The second-order valence-electron chi connectivity index (χ2n) is 6.55. The summed E-state index contributed by atoms with van der Waals surface area (Å²) in [7, 11) is 1.31. The second-order valence-corrected chi connectivity index (χ2v) is 6.55. The quantitative estimate of drug-likeness (QED) is 0.696. The Morgan fingerprint density at radius 1 is 1.11 bits per heavy atom. The molecule has 0 aliphatic carbocycles. The zero-order valence-corrected chi connectivity index (χ0v) is 15.0. The van der Waals surface area contributed by atoms with Crippen LogP contribution in [-0.4, -0.2) is 28.8 Å². The lowest BCUT2D eigenvalue weighted by Crippen LogP contribution is -2.34. The van der Waals surface area contributed by atoms with Crippen LogP contribution in [0.5, 0.6) is 0 Å². The molecule has 3 aromatic rings. The third-order valence-corrected chi connectivity index (χ3v) is 4.82. The highest BCUT2D eigenvalue weighted by Gasteiger charge is 2.40. The molecule has 0 fully saturated rings. The Hall–Kier alpha value is -3.41. The third kappa shape index (κ3) is 2.89. The Balaban J connectivity index is 1.90. The van der Waals surface area contributed by atoms with Gasteiger partial charge in [0.05, 0.1) is 30.2 Å². The molecule has 0 bridgehead atoms. The normalized spacial score (nSPS) is 18.5. The van der Waals surface area contributed by atoms with Crippen molar-refractivity contribution in [3.63, 3.8) is 0 Å². The summed E-state index contributed by atoms with van der Waals surface area (Å²) in [6.07, 6.45) is 1.74. The molecule has 2 unspecified atom stereocenters. The van der Waals surface area contributed by atoms with Crippen LogP contribution >= 0.6 is 0 Å². The maximum atomic E-state index is 13.6. The number of carbonyl (C=O) groups is 2. The number of esters is 1. The Labute approximate surface area is 156 Å². The molecule has 27 heavy (non-hydrogen) atoms. The van der Waals surface area contributed by atoms with Gasteiger partial charge in [0.2, 0.25) is 0 Å². The molecule has 1 aliphatic heterocycles. The first-order chi connectivity index (χ1) is 13.1. The summed E-state index contributed by atoms with van der Waals surface area (Å²) in [5.41, 5.74) is 3.01. The number of nitrogens with zero attached hydrogens (tertiary/aromatic N) is 1. The van der Waals surface area contributed by atoms with Gasteiger partial charge in [-0.3, -0.25) is 4.79 Å². The first kappa shape index (κ1) is 17.0. The summed E-state index contributed by atoms with van der Waals surface area (Å²) in [6, 6.07) is 14.3. The minimum Gasteiger partial charge on any atom is -0.465 e. The number of ether oxygens (including phenoxy) is 1. The summed E-state index contributed by atoms with van der Waals surface area (Å²) in [5, 5.41) is 3.40. The van der Waals surface area contributed by atoms with Gasteiger partial charge in [-0.25, -0.2) is 9.78 Å². The molecule has 1 aromatic heterocycles. The molecule has 0 saturated carbocycles. The van der Waals surface area contributed by atoms with E-state index in [2.05, 4.69) is 15.3 Å². The van der Waals surface area contributed by atoms with Gasteiger partial charge in [0.15, 0.2) is 5.78 Å². The standard InChI is InChI=1S/C21H19N3O3/c1-12-11-22-20(23-12)18-16(13-7-4-3-5-8-13)19(25)17-14(21(26)27-2)9-6-10-15(17)24-18/h3-11,16,18,24H,1-2H3,(H,22,23). The largest absolute Gasteiger partial charge is 0.465 e. The molecule has 136 valence electrons. The second kappa shape index (κ2) is 6.72. The van der Waals surface area contributed by atoms with Crippen LogP contribution in [-0.2, 0) is 4.74 Å². The Morgan fingerprint density at radius 3 is 2.56 bits per heavy atom. The van der Waals surface area contributed by atoms with Crippen molar-refractivity contribution in [1.29, 1.82) is 0 Å². The van der Waals surface area contributed by atoms with E-state index in [0.717, 1.165) is 11.3 Å². The van der Waals surface area contributed by atoms with Crippen molar-refractivity contribution < 1.29 is 14.3 Å². The fourth-order valence-corrected chi connectivity index (χ4v) is 3.60. The van der Waals surface area contributed by atoms with Crippen molar-refractivity contribution in [1.82, 2.24) is 9.97 Å².